The van der Waals surface area contributed by atoms with Crippen molar-refractivity contribution in [3.05, 3.63) is 45.9 Å². The number of carbonyl (C=O) groups is 1. The van der Waals surface area contributed by atoms with Crippen LogP contribution in [0.4, 0.5) is 0 Å². The summed E-state index contributed by atoms with van der Waals surface area (Å²) in [6.07, 6.45) is 3.48. The number of rotatable bonds is 2. The first-order valence-electron chi connectivity index (χ1n) is 3.99. The first-order valence-corrected chi connectivity index (χ1v) is 4.93. The molecule has 2 rings (SSSR count). The minimum Gasteiger partial charge on any atom is -0.367 e. The second-order valence-electron chi connectivity index (χ2n) is 2.90. The van der Waals surface area contributed by atoms with Crippen molar-refractivity contribution in [1.82, 2.24) is 4.98 Å². The predicted octanol–water partition coefficient (Wildman–Crippen LogP) is 2.62. The molecule has 3 heteroatoms. The summed E-state index contributed by atoms with van der Waals surface area (Å²) in [6.45, 7) is 1.95. The first kappa shape index (κ1) is 8.26. The summed E-state index contributed by atoms with van der Waals surface area (Å²) in [6, 6.07) is 1.79. The van der Waals surface area contributed by atoms with Crippen molar-refractivity contribution < 1.29 is 4.79 Å². The molecule has 0 bridgehead atoms. The molecule has 0 spiro atoms. The number of hydrogen-bond donors (Lipinski definition) is 1. The lowest BCUT2D eigenvalue weighted by atomic mass is 10.1. The summed E-state index contributed by atoms with van der Waals surface area (Å²) in [5.41, 5.74) is 2.59. The fraction of sp³-hybridized carbons (Fsp3) is 0.100. The Morgan fingerprint density at radius 2 is 2.31 bits per heavy atom. The van der Waals surface area contributed by atoms with Gasteiger partial charge in [-0.25, -0.2) is 0 Å². The second-order valence-corrected chi connectivity index (χ2v) is 3.64. The summed E-state index contributed by atoms with van der Waals surface area (Å²) < 4.78 is 0. The topological polar surface area (TPSA) is 32.9 Å². The van der Waals surface area contributed by atoms with Crippen LogP contribution in [-0.2, 0) is 0 Å². The molecule has 2 nitrogen and oxygen atoms in total. The zero-order chi connectivity index (χ0) is 9.26. The van der Waals surface area contributed by atoms with Crippen LogP contribution in [0.15, 0.2) is 29.2 Å². The summed E-state index contributed by atoms with van der Waals surface area (Å²) in [5.74, 6) is 0.0972. The summed E-state index contributed by atoms with van der Waals surface area (Å²) in [5, 5.41) is 3.88. The summed E-state index contributed by atoms with van der Waals surface area (Å²) in [7, 11) is 0. The Hall–Kier alpha value is -1.35. The van der Waals surface area contributed by atoms with E-state index in [9.17, 15) is 4.79 Å². The largest absolute Gasteiger partial charge is 0.367 e. The average molecular weight is 191 g/mol. The number of ketones is 1. The second kappa shape index (κ2) is 3.18. The number of carbonyl (C=O) groups excluding carboxylic acids is 1. The van der Waals surface area contributed by atoms with Gasteiger partial charge in [-0.15, -0.1) is 0 Å². The monoisotopic (exact) mass is 191 g/mol. The van der Waals surface area contributed by atoms with Crippen LogP contribution in [0.2, 0.25) is 0 Å². The highest BCUT2D eigenvalue weighted by molar-refractivity contribution is 7.08. The molecule has 2 aromatic rings. The van der Waals surface area contributed by atoms with Crippen LogP contribution in [0.3, 0.4) is 0 Å². The van der Waals surface area contributed by atoms with Crippen LogP contribution in [-0.4, -0.2) is 10.8 Å². The number of hydrogen-bond acceptors (Lipinski definition) is 2. The maximum absolute atomic E-state index is 11.8. The Morgan fingerprint density at radius 3 is 2.85 bits per heavy atom. The number of nitrogens with one attached hydrogen (secondary N) is 1. The molecule has 1 N–H and O–H groups in total. The van der Waals surface area contributed by atoms with Gasteiger partial charge in [0.25, 0.3) is 0 Å². The van der Waals surface area contributed by atoms with E-state index in [-0.39, 0.29) is 5.78 Å². The van der Waals surface area contributed by atoms with Gasteiger partial charge in [-0.2, -0.15) is 11.3 Å². The summed E-state index contributed by atoms with van der Waals surface area (Å²) in [4.78, 5) is 14.7. The highest BCUT2D eigenvalue weighted by Crippen LogP contribution is 2.17. The molecule has 66 valence electrons. The van der Waals surface area contributed by atoms with E-state index in [2.05, 4.69) is 4.98 Å². The molecular formula is C10H9NOS. The Labute approximate surface area is 80.2 Å². The highest BCUT2D eigenvalue weighted by atomic mass is 32.1. The number of thiophene rings is 1. The molecule has 0 saturated heterocycles. The van der Waals surface area contributed by atoms with E-state index in [1.807, 2.05) is 17.7 Å². The lowest BCUT2D eigenvalue weighted by Crippen LogP contribution is -1.99. The zero-order valence-electron chi connectivity index (χ0n) is 7.20. The fourth-order valence-corrected chi connectivity index (χ4v) is 2.04. The Morgan fingerprint density at radius 1 is 1.46 bits per heavy atom. The Kier molecular flexibility index (Phi) is 2.02. The normalized spacial score (nSPS) is 10.2. The van der Waals surface area contributed by atoms with Crippen LogP contribution in [0.1, 0.15) is 21.5 Å². The van der Waals surface area contributed by atoms with Crippen molar-refractivity contribution in [2.24, 2.45) is 0 Å². The lowest BCUT2D eigenvalue weighted by Gasteiger charge is -1.95. The van der Waals surface area contributed by atoms with Crippen molar-refractivity contribution in [1.29, 1.82) is 0 Å². The summed E-state index contributed by atoms with van der Waals surface area (Å²) >= 11 is 1.56. The van der Waals surface area contributed by atoms with Gasteiger partial charge in [-0.05, 0) is 23.9 Å². The first-order chi connectivity index (χ1) is 6.29. The van der Waals surface area contributed by atoms with E-state index in [0.29, 0.717) is 0 Å². The van der Waals surface area contributed by atoms with Gasteiger partial charge in [0.2, 0.25) is 0 Å². The molecule has 13 heavy (non-hydrogen) atoms. The van der Waals surface area contributed by atoms with E-state index in [1.54, 1.807) is 29.8 Å². The number of aromatic nitrogens is 1. The van der Waals surface area contributed by atoms with Crippen molar-refractivity contribution in [3.63, 3.8) is 0 Å². The maximum atomic E-state index is 11.8. The van der Waals surface area contributed by atoms with Gasteiger partial charge in [0.15, 0.2) is 5.78 Å². The zero-order valence-corrected chi connectivity index (χ0v) is 8.02. The third-order valence-corrected chi connectivity index (χ3v) is 2.82. The van der Waals surface area contributed by atoms with E-state index in [0.717, 1.165) is 16.7 Å². The van der Waals surface area contributed by atoms with E-state index in [1.165, 1.54) is 0 Å². The van der Waals surface area contributed by atoms with E-state index in [4.69, 9.17) is 0 Å². The fourth-order valence-electron chi connectivity index (χ4n) is 1.21. The van der Waals surface area contributed by atoms with Crippen molar-refractivity contribution in [2.45, 2.75) is 6.92 Å². The van der Waals surface area contributed by atoms with E-state index < -0.39 is 0 Å². The molecule has 0 radical (unpaired) electrons. The smallest absolute Gasteiger partial charge is 0.195 e. The molecule has 0 aliphatic rings. The van der Waals surface area contributed by atoms with Crippen LogP contribution in [0.25, 0.3) is 0 Å². The molecule has 0 saturated carbocycles. The van der Waals surface area contributed by atoms with Gasteiger partial charge in [0.1, 0.15) is 0 Å². The van der Waals surface area contributed by atoms with Crippen LogP contribution >= 0.6 is 11.3 Å². The van der Waals surface area contributed by atoms with Gasteiger partial charge in [-0.1, -0.05) is 0 Å². The number of H-pyrrole nitrogens is 1. The molecule has 0 atom stereocenters. The standard InChI is InChI=1S/C10H9NOS/c1-7-5-13-6-9(7)10(12)8-2-3-11-4-8/h2-6,11H,1H3. The average Bonchev–Trinajstić information content (AvgIpc) is 2.72. The van der Waals surface area contributed by atoms with Gasteiger partial charge in [0.05, 0.1) is 0 Å². The van der Waals surface area contributed by atoms with Gasteiger partial charge < -0.3 is 4.98 Å². The SMILES string of the molecule is Cc1cscc1C(=O)c1cc[nH]c1. The highest BCUT2D eigenvalue weighted by Gasteiger charge is 2.11. The predicted molar refractivity (Wildman–Crippen MR) is 53.3 cm³/mol. The van der Waals surface area contributed by atoms with Gasteiger partial charge in [-0.3, -0.25) is 4.79 Å². The van der Waals surface area contributed by atoms with Crippen LogP contribution in [0.5, 0.6) is 0 Å². The van der Waals surface area contributed by atoms with Crippen molar-refractivity contribution >= 4 is 17.1 Å². The molecule has 0 fully saturated rings. The number of aromatic amines is 1. The Bertz CT molecular complexity index is 414. The van der Waals surface area contributed by atoms with Crippen LogP contribution in [0, 0.1) is 6.92 Å². The van der Waals surface area contributed by atoms with E-state index >= 15 is 0 Å². The molecule has 0 amide bonds. The molecule has 0 aliphatic carbocycles. The minimum atomic E-state index is 0.0972. The Balaban J connectivity index is 2.39. The molecule has 0 aliphatic heterocycles. The van der Waals surface area contributed by atoms with Crippen molar-refractivity contribution in [2.75, 3.05) is 0 Å². The minimum absolute atomic E-state index is 0.0972. The van der Waals surface area contributed by atoms with Crippen LogP contribution < -0.4 is 0 Å². The van der Waals surface area contributed by atoms with Gasteiger partial charge >= 0.3 is 0 Å². The molecule has 2 heterocycles. The van der Waals surface area contributed by atoms with Crippen molar-refractivity contribution in [3.8, 4) is 0 Å². The molecule has 2 aromatic heterocycles. The third kappa shape index (κ3) is 1.42. The quantitative estimate of drug-likeness (QED) is 0.727. The number of aryl methyl sites for hydroxylation is 1. The molecule has 0 aromatic carbocycles. The maximum Gasteiger partial charge on any atom is 0.195 e. The van der Waals surface area contributed by atoms with Gasteiger partial charge in [0, 0.05) is 28.9 Å². The third-order valence-electron chi connectivity index (χ3n) is 1.96. The molecule has 0 unspecified atom stereocenters. The molecular weight excluding hydrogens is 182 g/mol. The lowest BCUT2D eigenvalue weighted by molar-refractivity contribution is 0.103.